The molecule has 3 atom stereocenters. The van der Waals surface area contributed by atoms with Gasteiger partial charge in [-0.25, -0.2) is 4.79 Å². The summed E-state index contributed by atoms with van der Waals surface area (Å²) >= 11 is 0. The van der Waals surface area contributed by atoms with Crippen LogP contribution in [-0.4, -0.2) is 40.4 Å². The number of urea groups is 1. The Balaban J connectivity index is 1.47. The minimum absolute atomic E-state index is 0.0173. The molecule has 21 heavy (non-hydrogen) atoms. The summed E-state index contributed by atoms with van der Waals surface area (Å²) in [5, 5.41) is 0. The topological polar surface area (TPSA) is 40.6 Å². The zero-order valence-electron chi connectivity index (χ0n) is 12.3. The lowest BCUT2D eigenvalue weighted by Gasteiger charge is -2.22. The highest BCUT2D eigenvalue weighted by atomic mass is 16.2. The van der Waals surface area contributed by atoms with Crippen LogP contribution >= 0.6 is 0 Å². The number of carbonyl (C=O) groups is 2. The predicted octanol–water partition coefficient (Wildman–Crippen LogP) is 2.61. The number of hydrogen-bond donors (Lipinski definition) is 0. The van der Waals surface area contributed by atoms with Gasteiger partial charge < -0.3 is 4.90 Å². The predicted molar refractivity (Wildman–Crippen MR) is 78.7 cm³/mol. The highest BCUT2D eigenvalue weighted by molar-refractivity contribution is 6.07. The van der Waals surface area contributed by atoms with Gasteiger partial charge in [0, 0.05) is 13.1 Å². The van der Waals surface area contributed by atoms with Gasteiger partial charge in [0.05, 0.1) is 0 Å². The largest absolute Gasteiger partial charge is 0.327 e. The van der Waals surface area contributed by atoms with E-state index in [1.165, 1.54) is 10.5 Å². The zero-order chi connectivity index (χ0) is 14.6. The molecule has 3 fully saturated rings. The van der Waals surface area contributed by atoms with E-state index in [0.29, 0.717) is 18.4 Å². The fourth-order valence-corrected chi connectivity index (χ4v) is 3.97. The molecule has 2 heterocycles. The molecule has 2 aliphatic heterocycles. The Labute approximate surface area is 124 Å². The highest BCUT2D eigenvalue weighted by Gasteiger charge is 2.57. The monoisotopic (exact) mass is 284 g/mol. The molecule has 110 valence electrons. The van der Waals surface area contributed by atoms with E-state index in [1.54, 1.807) is 4.90 Å². The number of benzene rings is 1. The van der Waals surface area contributed by atoms with E-state index in [0.717, 1.165) is 25.8 Å². The first-order valence-electron chi connectivity index (χ1n) is 7.80. The van der Waals surface area contributed by atoms with Crippen LogP contribution in [0.1, 0.15) is 37.7 Å². The molecular formula is C17H20N2O2. The second-order valence-electron chi connectivity index (χ2n) is 6.74. The van der Waals surface area contributed by atoms with Crippen LogP contribution in [0.15, 0.2) is 30.3 Å². The number of imide groups is 1. The van der Waals surface area contributed by atoms with E-state index < -0.39 is 5.54 Å². The number of rotatable bonds is 3. The molecule has 0 N–H and O–H groups in total. The first-order chi connectivity index (χ1) is 10.1. The number of nitrogens with zero attached hydrogens (tertiary/aromatic N) is 2. The van der Waals surface area contributed by atoms with Crippen LogP contribution in [0.25, 0.3) is 0 Å². The maximum absolute atomic E-state index is 12.6. The molecular weight excluding hydrogens is 264 g/mol. The molecule has 1 saturated carbocycles. The second kappa shape index (κ2) is 4.33. The Morgan fingerprint density at radius 1 is 1.24 bits per heavy atom. The number of carbonyl (C=O) groups excluding carboxylic acids is 2. The van der Waals surface area contributed by atoms with Crippen LogP contribution in [0.3, 0.4) is 0 Å². The summed E-state index contributed by atoms with van der Waals surface area (Å²) in [5.41, 5.74) is 0.766. The van der Waals surface area contributed by atoms with E-state index in [4.69, 9.17) is 0 Å². The van der Waals surface area contributed by atoms with Gasteiger partial charge in [0.25, 0.3) is 5.91 Å². The molecule has 1 aromatic rings. The first kappa shape index (κ1) is 12.9. The van der Waals surface area contributed by atoms with Crippen LogP contribution < -0.4 is 0 Å². The Hall–Kier alpha value is -1.84. The Kier molecular flexibility index (Phi) is 2.65. The van der Waals surface area contributed by atoms with Gasteiger partial charge in [-0.3, -0.25) is 9.69 Å². The summed E-state index contributed by atoms with van der Waals surface area (Å²) in [6, 6.07) is 10.3. The van der Waals surface area contributed by atoms with Crippen LogP contribution in [0.4, 0.5) is 4.79 Å². The molecule has 0 aromatic heterocycles. The lowest BCUT2D eigenvalue weighted by molar-refractivity contribution is -0.132. The summed E-state index contributed by atoms with van der Waals surface area (Å²) in [6.45, 7) is 3.23. The average molecular weight is 284 g/mol. The molecule has 4 heteroatoms. The Morgan fingerprint density at radius 2 is 2.00 bits per heavy atom. The molecule has 4 nitrogen and oxygen atoms in total. The maximum Gasteiger partial charge on any atom is 0.327 e. The van der Waals surface area contributed by atoms with Crippen LogP contribution in [0.5, 0.6) is 0 Å². The molecule has 0 spiro atoms. The van der Waals surface area contributed by atoms with Crippen molar-refractivity contribution in [3.8, 4) is 0 Å². The third kappa shape index (κ3) is 1.81. The lowest BCUT2D eigenvalue weighted by Crippen LogP contribution is -2.41. The normalized spacial score (nSPS) is 34.5. The quantitative estimate of drug-likeness (QED) is 0.801. The van der Waals surface area contributed by atoms with Crippen molar-refractivity contribution in [2.45, 2.75) is 37.6 Å². The molecule has 2 saturated heterocycles. The van der Waals surface area contributed by atoms with Crippen molar-refractivity contribution in [1.29, 1.82) is 0 Å². The van der Waals surface area contributed by atoms with Crippen molar-refractivity contribution < 1.29 is 9.59 Å². The van der Waals surface area contributed by atoms with Crippen molar-refractivity contribution >= 4 is 11.9 Å². The molecule has 3 aliphatic rings. The van der Waals surface area contributed by atoms with Gasteiger partial charge in [0.2, 0.25) is 0 Å². The molecule has 1 aromatic carbocycles. The van der Waals surface area contributed by atoms with Gasteiger partial charge in [-0.2, -0.15) is 0 Å². The third-order valence-electron chi connectivity index (χ3n) is 5.38. The van der Waals surface area contributed by atoms with E-state index in [2.05, 4.69) is 12.1 Å². The van der Waals surface area contributed by atoms with Crippen molar-refractivity contribution in [1.82, 2.24) is 9.80 Å². The standard InChI is InChI=1S/C17H20N2O2/c1-17-8-5-9-19(17)16(21)18(15(17)20)11-13-10-14(13)12-6-3-2-4-7-12/h2-4,6-7,13-14H,5,8-11H2,1H3. The van der Waals surface area contributed by atoms with Gasteiger partial charge in [0.15, 0.2) is 0 Å². The third-order valence-corrected chi connectivity index (χ3v) is 5.38. The second-order valence-corrected chi connectivity index (χ2v) is 6.74. The van der Waals surface area contributed by atoms with Crippen LogP contribution in [-0.2, 0) is 4.79 Å². The minimum Gasteiger partial charge on any atom is -0.310 e. The fourth-order valence-electron chi connectivity index (χ4n) is 3.97. The summed E-state index contributed by atoms with van der Waals surface area (Å²) in [7, 11) is 0. The van der Waals surface area contributed by atoms with Gasteiger partial charge in [-0.05, 0) is 43.6 Å². The van der Waals surface area contributed by atoms with E-state index in [1.807, 2.05) is 25.1 Å². The Bertz CT molecular complexity index is 600. The van der Waals surface area contributed by atoms with Crippen molar-refractivity contribution in [2.24, 2.45) is 5.92 Å². The molecule has 4 rings (SSSR count). The summed E-state index contributed by atoms with van der Waals surface area (Å²) < 4.78 is 0. The van der Waals surface area contributed by atoms with E-state index >= 15 is 0 Å². The molecule has 0 radical (unpaired) electrons. The van der Waals surface area contributed by atoms with Crippen LogP contribution in [0, 0.1) is 5.92 Å². The van der Waals surface area contributed by atoms with Crippen molar-refractivity contribution in [3.63, 3.8) is 0 Å². The van der Waals surface area contributed by atoms with Gasteiger partial charge in [-0.1, -0.05) is 30.3 Å². The average Bonchev–Trinajstić information content (AvgIpc) is 3.13. The molecule has 3 amide bonds. The SMILES string of the molecule is CC12CCCN1C(=O)N(CC1CC1c1ccccc1)C2=O. The van der Waals surface area contributed by atoms with Crippen molar-refractivity contribution in [3.05, 3.63) is 35.9 Å². The number of hydrogen-bond acceptors (Lipinski definition) is 2. The summed E-state index contributed by atoms with van der Waals surface area (Å²) in [5.74, 6) is 0.961. The first-order valence-corrected chi connectivity index (χ1v) is 7.80. The van der Waals surface area contributed by atoms with Gasteiger partial charge in [0.1, 0.15) is 5.54 Å². The van der Waals surface area contributed by atoms with E-state index in [9.17, 15) is 9.59 Å². The minimum atomic E-state index is -0.561. The number of amides is 3. The van der Waals surface area contributed by atoms with Crippen LogP contribution in [0.2, 0.25) is 0 Å². The lowest BCUT2D eigenvalue weighted by atomic mass is 9.99. The zero-order valence-corrected chi connectivity index (χ0v) is 12.3. The smallest absolute Gasteiger partial charge is 0.310 e. The summed E-state index contributed by atoms with van der Waals surface area (Å²) in [6.07, 6.45) is 2.83. The molecule has 1 aliphatic carbocycles. The fraction of sp³-hybridized carbons (Fsp3) is 0.529. The maximum atomic E-state index is 12.6. The molecule has 0 bridgehead atoms. The molecule has 3 unspecified atom stereocenters. The van der Waals surface area contributed by atoms with Gasteiger partial charge >= 0.3 is 6.03 Å². The number of fused-ring (bicyclic) bond motifs is 1. The van der Waals surface area contributed by atoms with Crippen molar-refractivity contribution in [2.75, 3.05) is 13.1 Å². The summed E-state index contributed by atoms with van der Waals surface area (Å²) in [4.78, 5) is 28.3. The Morgan fingerprint density at radius 3 is 2.71 bits per heavy atom. The van der Waals surface area contributed by atoms with E-state index in [-0.39, 0.29) is 11.9 Å². The van der Waals surface area contributed by atoms with Gasteiger partial charge in [-0.15, -0.1) is 0 Å². The highest BCUT2D eigenvalue weighted by Crippen LogP contribution is 2.49.